The lowest BCUT2D eigenvalue weighted by Gasteiger charge is -2.44. The van der Waals surface area contributed by atoms with Crippen molar-refractivity contribution in [2.24, 2.45) is 13.0 Å². The molecule has 0 amide bonds. The summed E-state index contributed by atoms with van der Waals surface area (Å²) in [5, 5.41) is 14.5. The Morgan fingerprint density at radius 2 is 1.90 bits per heavy atom. The van der Waals surface area contributed by atoms with Gasteiger partial charge in [0.1, 0.15) is 5.82 Å². The van der Waals surface area contributed by atoms with Crippen LogP contribution in [0.3, 0.4) is 0 Å². The lowest BCUT2D eigenvalue weighted by Crippen LogP contribution is -2.49. The molecule has 6 rings (SSSR count). The fourth-order valence-corrected chi connectivity index (χ4v) is 6.10. The number of nitrogens with zero attached hydrogens (tertiary/aromatic N) is 8. The van der Waals surface area contributed by atoms with E-state index in [0.717, 1.165) is 35.3 Å². The Hall–Kier alpha value is -3.54. The van der Waals surface area contributed by atoms with Crippen molar-refractivity contribution < 1.29 is 4.39 Å². The first-order valence-corrected chi connectivity index (χ1v) is 14.0. The van der Waals surface area contributed by atoms with Crippen LogP contribution in [0.15, 0.2) is 23.1 Å². The van der Waals surface area contributed by atoms with E-state index in [2.05, 4.69) is 30.9 Å². The SMILES string of the molecule is CN(C)c1cnc(Nc2cc(-n3nnn(C)c3=O)c(C3CC3)cc2F)nc1NC[C@@H]1CCCN2CCCC[C@H]12. The molecule has 0 bridgehead atoms. The first-order valence-electron chi connectivity index (χ1n) is 14.0. The molecule has 3 aromatic rings. The fraction of sp³-hybridized carbons (Fsp3) is 0.593. The molecule has 2 N–H and O–H groups in total. The topological polar surface area (TPSA) is 109 Å². The third-order valence-electron chi connectivity index (χ3n) is 8.34. The van der Waals surface area contributed by atoms with Gasteiger partial charge in [-0.3, -0.25) is 0 Å². The van der Waals surface area contributed by atoms with Gasteiger partial charge in [-0.1, -0.05) is 6.42 Å². The monoisotopic (exact) mass is 536 g/mol. The van der Waals surface area contributed by atoms with Crippen LogP contribution in [-0.4, -0.2) is 74.4 Å². The summed E-state index contributed by atoms with van der Waals surface area (Å²) in [5.41, 5.74) is 1.95. The Morgan fingerprint density at radius 1 is 1.08 bits per heavy atom. The average Bonchev–Trinajstić information content (AvgIpc) is 3.73. The Morgan fingerprint density at radius 3 is 2.64 bits per heavy atom. The van der Waals surface area contributed by atoms with Gasteiger partial charge >= 0.3 is 5.69 Å². The maximum Gasteiger partial charge on any atom is 0.368 e. The largest absolute Gasteiger partial charge is 0.373 e. The Labute approximate surface area is 227 Å². The van der Waals surface area contributed by atoms with Crippen molar-refractivity contribution in [3.05, 3.63) is 40.2 Å². The first kappa shape index (κ1) is 25.7. The number of benzene rings is 1. The molecular formula is C27H37FN10O. The number of rotatable bonds is 8. The number of hydrogen-bond acceptors (Lipinski definition) is 9. The highest BCUT2D eigenvalue weighted by Crippen LogP contribution is 2.44. The van der Waals surface area contributed by atoms with E-state index in [0.29, 0.717) is 23.5 Å². The average molecular weight is 537 g/mol. The molecule has 2 atom stereocenters. The second-order valence-corrected chi connectivity index (χ2v) is 11.3. The van der Waals surface area contributed by atoms with E-state index in [1.807, 2.05) is 19.0 Å². The van der Waals surface area contributed by atoms with Crippen LogP contribution in [0.25, 0.3) is 5.69 Å². The standard InChI is InChI=1S/C27H37FN10O/c1-35(2)24-16-30-26(32-25(24)29-15-18-7-6-12-37-11-5-4-8-22(18)37)31-21-14-23(38-27(39)36(3)33-34-38)19(13-20(21)28)17-9-10-17/h13-14,16-18,22H,4-12,15H2,1-3H3,(H2,29,30,31,32)/t18-,22+/m0/s1. The smallest absolute Gasteiger partial charge is 0.368 e. The Bertz CT molecular complexity index is 1400. The highest BCUT2D eigenvalue weighted by Gasteiger charge is 2.33. The minimum Gasteiger partial charge on any atom is -0.373 e. The summed E-state index contributed by atoms with van der Waals surface area (Å²) in [6.45, 7) is 3.25. The van der Waals surface area contributed by atoms with Gasteiger partial charge in [-0.2, -0.15) is 14.3 Å². The molecule has 11 nitrogen and oxygen atoms in total. The number of anilines is 4. The van der Waals surface area contributed by atoms with Gasteiger partial charge in [-0.15, -0.1) is 0 Å². The number of nitrogens with one attached hydrogen (secondary N) is 2. The summed E-state index contributed by atoms with van der Waals surface area (Å²) in [4.78, 5) is 26.5. The van der Waals surface area contributed by atoms with E-state index in [1.54, 1.807) is 19.3 Å². The zero-order chi connectivity index (χ0) is 27.1. The quantitative estimate of drug-likeness (QED) is 0.448. The lowest BCUT2D eigenvalue weighted by atomic mass is 9.83. The summed E-state index contributed by atoms with van der Waals surface area (Å²) in [6, 6.07) is 3.72. The summed E-state index contributed by atoms with van der Waals surface area (Å²) >= 11 is 0. The minimum absolute atomic E-state index is 0.181. The summed E-state index contributed by atoms with van der Waals surface area (Å²) < 4.78 is 17.7. The second kappa shape index (κ2) is 10.6. The minimum atomic E-state index is -0.424. The maximum absolute atomic E-state index is 15.3. The molecule has 3 fully saturated rings. The zero-order valence-electron chi connectivity index (χ0n) is 22.9. The van der Waals surface area contributed by atoms with Gasteiger partial charge in [0.05, 0.1) is 23.3 Å². The molecule has 0 spiro atoms. The van der Waals surface area contributed by atoms with Crippen LogP contribution in [0.5, 0.6) is 0 Å². The molecule has 3 aliphatic rings. The van der Waals surface area contributed by atoms with Crippen LogP contribution < -0.4 is 21.2 Å². The zero-order valence-corrected chi connectivity index (χ0v) is 22.9. The first-order chi connectivity index (χ1) is 18.9. The van der Waals surface area contributed by atoms with Crippen LogP contribution in [0.1, 0.15) is 56.4 Å². The maximum atomic E-state index is 15.3. The van der Waals surface area contributed by atoms with Crippen molar-refractivity contribution in [2.45, 2.75) is 56.9 Å². The summed E-state index contributed by atoms with van der Waals surface area (Å²) in [7, 11) is 5.46. The number of halogens is 1. The van der Waals surface area contributed by atoms with Crippen molar-refractivity contribution in [3.63, 3.8) is 0 Å². The van der Waals surface area contributed by atoms with Crippen molar-refractivity contribution in [3.8, 4) is 5.69 Å². The van der Waals surface area contributed by atoms with Gasteiger partial charge in [-0.05, 0) is 91.6 Å². The van der Waals surface area contributed by atoms with Crippen molar-refractivity contribution in [1.82, 2.24) is 34.7 Å². The number of hydrogen-bond donors (Lipinski definition) is 2. The third-order valence-corrected chi connectivity index (χ3v) is 8.34. The second-order valence-electron chi connectivity index (χ2n) is 11.3. The Kier molecular flexibility index (Phi) is 6.96. The van der Waals surface area contributed by atoms with E-state index in [-0.39, 0.29) is 23.2 Å². The molecule has 1 saturated carbocycles. The highest BCUT2D eigenvalue weighted by atomic mass is 19.1. The van der Waals surface area contributed by atoms with Gasteiger partial charge in [0.15, 0.2) is 5.82 Å². The lowest BCUT2D eigenvalue weighted by molar-refractivity contribution is 0.0649. The molecule has 208 valence electrons. The van der Waals surface area contributed by atoms with Crippen molar-refractivity contribution >= 4 is 23.1 Å². The summed E-state index contributed by atoms with van der Waals surface area (Å²) in [6.07, 6.45) is 9.96. The van der Waals surface area contributed by atoms with Gasteiger partial charge in [-0.25, -0.2) is 14.2 Å². The van der Waals surface area contributed by atoms with Gasteiger partial charge in [0.2, 0.25) is 5.95 Å². The number of piperidine rings is 2. The molecule has 0 radical (unpaired) electrons. The number of aromatic nitrogens is 6. The molecule has 2 aliphatic heterocycles. The van der Waals surface area contributed by atoms with E-state index in [9.17, 15) is 4.79 Å². The molecule has 1 aliphatic carbocycles. The molecular weight excluding hydrogens is 499 g/mol. The normalized spacial score (nSPS) is 21.4. The van der Waals surface area contributed by atoms with Gasteiger partial charge in [0.25, 0.3) is 0 Å². The number of tetrazole rings is 1. The van der Waals surface area contributed by atoms with E-state index in [1.165, 1.54) is 55.9 Å². The van der Waals surface area contributed by atoms with Crippen molar-refractivity contribution in [2.75, 3.05) is 49.3 Å². The molecule has 4 heterocycles. The van der Waals surface area contributed by atoms with E-state index >= 15 is 4.39 Å². The molecule has 2 aromatic heterocycles. The van der Waals surface area contributed by atoms with Crippen LogP contribution in [0, 0.1) is 11.7 Å². The predicted octanol–water partition coefficient (Wildman–Crippen LogP) is 3.26. The number of fused-ring (bicyclic) bond motifs is 1. The molecule has 1 aromatic carbocycles. The van der Waals surface area contributed by atoms with E-state index in [4.69, 9.17) is 4.98 Å². The highest BCUT2D eigenvalue weighted by molar-refractivity contribution is 5.68. The van der Waals surface area contributed by atoms with Crippen LogP contribution in [0.2, 0.25) is 0 Å². The third kappa shape index (κ3) is 5.21. The van der Waals surface area contributed by atoms with E-state index < -0.39 is 5.82 Å². The number of aryl methyl sites for hydroxylation is 1. The Balaban J connectivity index is 1.26. The molecule has 39 heavy (non-hydrogen) atoms. The molecule has 0 unspecified atom stereocenters. The summed E-state index contributed by atoms with van der Waals surface area (Å²) in [5.74, 6) is 1.35. The predicted molar refractivity (Wildman–Crippen MR) is 149 cm³/mol. The van der Waals surface area contributed by atoms with Crippen LogP contribution >= 0.6 is 0 Å². The molecule has 2 saturated heterocycles. The van der Waals surface area contributed by atoms with Gasteiger partial charge < -0.3 is 20.4 Å². The van der Waals surface area contributed by atoms with Crippen LogP contribution in [-0.2, 0) is 7.05 Å². The van der Waals surface area contributed by atoms with Crippen LogP contribution in [0.4, 0.5) is 27.5 Å². The fourth-order valence-electron chi connectivity index (χ4n) is 6.10. The van der Waals surface area contributed by atoms with Gasteiger partial charge in [0, 0.05) is 33.7 Å². The molecule has 12 heteroatoms. The van der Waals surface area contributed by atoms with Crippen molar-refractivity contribution in [1.29, 1.82) is 0 Å².